The summed E-state index contributed by atoms with van der Waals surface area (Å²) in [6.45, 7) is 0.848. The highest BCUT2D eigenvalue weighted by Crippen LogP contribution is 2.48. The molecule has 6 nitrogen and oxygen atoms in total. The van der Waals surface area contributed by atoms with E-state index in [1.54, 1.807) is 0 Å². The van der Waals surface area contributed by atoms with Crippen LogP contribution in [-0.4, -0.2) is 26.2 Å². The zero-order chi connectivity index (χ0) is 17.3. The highest BCUT2D eigenvalue weighted by Gasteiger charge is 2.39. The Morgan fingerprint density at radius 3 is 2.38 bits per heavy atom. The zero-order valence-electron chi connectivity index (χ0n) is 13.7. The first-order chi connectivity index (χ1) is 12.8. The molecule has 1 fully saturated rings. The van der Waals surface area contributed by atoms with Crippen molar-refractivity contribution >= 4 is 11.5 Å². The van der Waals surface area contributed by atoms with Crippen LogP contribution in [0, 0.1) is 5.92 Å². The summed E-state index contributed by atoms with van der Waals surface area (Å²) in [5.41, 5.74) is 4.64. The summed E-state index contributed by atoms with van der Waals surface area (Å²) in [6.07, 6.45) is 0.751. The highest BCUT2D eigenvalue weighted by atomic mass is 16.7. The van der Waals surface area contributed by atoms with Crippen LogP contribution in [0.25, 0.3) is 5.57 Å². The van der Waals surface area contributed by atoms with E-state index in [0.717, 1.165) is 40.0 Å². The summed E-state index contributed by atoms with van der Waals surface area (Å²) < 4.78 is 27.4. The van der Waals surface area contributed by atoms with Crippen molar-refractivity contribution in [2.45, 2.75) is 6.42 Å². The first-order valence-corrected chi connectivity index (χ1v) is 8.52. The number of cyclic esters (lactones) is 1. The Balaban J connectivity index is 1.61. The number of hydrogen-bond acceptors (Lipinski definition) is 6. The number of carbonyl (C=O) groups is 1. The fourth-order valence-corrected chi connectivity index (χ4v) is 4.13. The van der Waals surface area contributed by atoms with Crippen LogP contribution in [0.5, 0.6) is 23.0 Å². The maximum Gasteiger partial charge on any atom is 0.335 e. The minimum atomic E-state index is -0.244. The van der Waals surface area contributed by atoms with E-state index in [2.05, 4.69) is 0 Å². The quantitative estimate of drug-likeness (QED) is 0.737. The maximum absolute atomic E-state index is 12.5. The molecular formula is C20H14O6. The van der Waals surface area contributed by atoms with E-state index in [1.165, 1.54) is 0 Å². The van der Waals surface area contributed by atoms with Gasteiger partial charge in [-0.05, 0) is 47.4 Å². The lowest BCUT2D eigenvalue weighted by molar-refractivity contribution is -0.135. The average Bonchev–Trinajstić information content (AvgIpc) is 3.37. The Morgan fingerprint density at radius 2 is 1.54 bits per heavy atom. The fourth-order valence-electron chi connectivity index (χ4n) is 4.13. The topological polar surface area (TPSA) is 63.2 Å². The monoisotopic (exact) mass is 350 g/mol. The highest BCUT2D eigenvalue weighted by molar-refractivity contribution is 6.05. The molecule has 3 heterocycles. The Bertz CT molecular complexity index is 1010. The van der Waals surface area contributed by atoms with Gasteiger partial charge in [0.25, 0.3) is 0 Å². The molecule has 1 aliphatic carbocycles. The van der Waals surface area contributed by atoms with Crippen LogP contribution in [0.1, 0.15) is 16.7 Å². The van der Waals surface area contributed by atoms with Gasteiger partial charge in [-0.15, -0.1) is 0 Å². The summed E-state index contributed by atoms with van der Waals surface area (Å²) in [7, 11) is 0. The second-order valence-electron chi connectivity index (χ2n) is 6.72. The fraction of sp³-hybridized carbons (Fsp3) is 0.250. The van der Waals surface area contributed by atoms with Gasteiger partial charge in [-0.2, -0.15) is 0 Å². The van der Waals surface area contributed by atoms with Crippen LogP contribution < -0.4 is 18.9 Å². The standard InChI is InChI=1S/C20H14O6/c21-20-19-12(7-22-20)3-11-5-16-17(26-9-25-16)6-13(11)18(19)10-1-2-14-15(4-10)24-8-23-14/h1-2,4-6,12H,3,7-9H2/t12-/m1/s1. The van der Waals surface area contributed by atoms with E-state index in [-0.39, 0.29) is 25.5 Å². The number of benzene rings is 2. The minimum absolute atomic E-state index is 0.0517. The second kappa shape index (κ2) is 4.94. The molecule has 26 heavy (non-hydrogen) atoms. The SMILES string of the molecule is O=C1OC[C@H]2Cc3cc4c(cc3C(c3ccc5c(c3)OCO5)=C12)OCO4. The molecule has 1 atom stereocenters. The molecule has 0 unspecified atom stereocenters. The molecule has 2 aromatic rings. The first kappa shape index (κ1) is 14.1. The third kappa shape index (κ3) is 1.84. The smallest absolute Gasteiger partial charge is 0.335 e. The van der Waals surface area contributed by atoms with E-state index >= 15 is 0 Å². The molecule has 0 aromatic heterocycles. The molecule has 0 saturated carbocycles. The average molecular weight is 350 g/mol. The molecule has 6 heteroatoms. The first-order valence-electron chi connectivity index (χ1n) is 8.52. The molecule has 0 spiro atoms. The lowest BCUT2D eigenvalue weighted by Gasteiger charge is -2.24. The predicted octanol–water partition coefficient (Wildman–Crippen LogP) is 2.68. The van der Waals surface area contributed by atoms with Crippen LogP contribution in [-0.2, 0) is 16.0 Å². The number of carbonyl (C=O) groups excluding carboxylic acids is 1. The van der Waals surface area contributed by atoms with Crippen LogP contribution >= 0.6 is 0 Å². The molecule has 0 radical (unpaired) electrons. The number of ether oxygens (including phenoxy) is 5. The van der Waals surface area contributed by atoms with Crippen molar-refractivity contribution in [3.63, 3.8) is 0 Å². The number of rotatable bonds is 1. The lowest BCUT2D eigenvalue weighted by Crippen LogP contribution is -2.17. The Kier molecular flexibility index (Phi) is 2.67. The van der Waals surface area contributed by atoms with Gasteiger partial charge in [0, 0.05) is 11.5 Å². The van der Waals surface area contributed by atoms with E-state index in [0.29, 0.717) is 23.9 Å². The summed E-state index contributed by atoms with van der Waals surface area (Å²) in [5.74, 6) is 2.66. The van der Waals surface area contributed by atoms with Crippen molar-refractivity contribution in [1.82, 2.24) is 0 Å². The van der Waals surface area contributed by atoms with E-state index in [4.69, 9.17) is 23.7 Å². The summed E-state index contributed by atoms with van der Waals surface area (Å²) in [4.78, 5) is 12.5. The number of hydrogen-bond donors (Lipinski definition) is 0. The van der Waals surface area contributed by atoms with Crippen molar-refractivity contribution < 1.29 is 28.5 Å². The maximum atomic E-state index is 12.5. The van der Waals surface area contributed by atoms with Gasteiger partial charge in [0.1, 0.15) is 0 Å². The van der Waals surface area contributed by atoms with Crippen LogP contribution in [0.4, 0.5) is 0 Å². The third-order valence-electron chi connectivity index (χ3n) is 5.31. The van der Waals surface area contributed by atoms with Crippen LogP contribution in [0.2, 0.25) is 0 Å². The molecule has 6 rings (SSSR count). The van der Waals surface area contributed by atoms with E-state index in [1.807, 2.05) is 30.3 Å². The molecule has 2 aromatic carbocycles. The van der Waals surface area contributed by atoms with Crippen molar-refractivity contribution in [2.24, 2.45) is 5.92 Å². The van der Waals surface area contributed by atoms with Gasteiger partial charge in [-0.1, -0.05) is 6.07 Å². The molecule has 4 aliphatic rings. The third-order valence-corrected chi connectivity index (χ3v) is 5.31. The Hall–Kier alpha value is -3.15. The largest absolute Gasteiger partial charge is 0.462 e. The molecule has 1 saturated heterocycles. The van der Waals surface area contributed by atoms with Gasteiger partial charge in [0.15, 0.2) is 23.0 Å². The van der Waals surface area contributed by atoms with Crippen LogP contribution in [0.3, 0.4) is 0 Å². The van der Waals surface area contributed by atoms with E-state index < -0.39 is 0 Å². The Labute approximate surface area is 148 Å². The minimum Gasteiger partial charge on any atom is -0.462 e. The van der Waals surface area contributed by atoms with Crippen LogP contribution in [0.15, 0.2) is 35.9 Å². The van der Waals surface area contributed by atoms with Crippen molar-refractivity contribution in [1.29, 1.82) is 0 Å². The summed E-state index contributed by atoms with van der Waals surface area (Å²) >= 11 is 0. The van der Waals surface area contributed by atoms with Gasteiger partial charge < -0.3 is 23.7 Å². The van der Waals surface area contributed by atoms with Gasteiger partial charge in [-0.3, -0.25) is 0 Å². The molecular weight excluding hydrogens is 336 g/mol. The van der Waals surface area contributed by atoms with Gasteiger partial charge in [-0.25, -0.2) is 4.79 Å². The van der Waals surface area contributed by atoms with Gasteiger partial charge in [0.2, 0.25) is 13.6 Å². The molecule has 0 bridgehead atoms. The van der Waals surface area contributed by atoms with Crippen molar-refractivity contribution in [3.05, 3.63) is 52.6 Å². The molecule has 130 valence electrons. The molecule has 0 N–H and O–H groups in total. The second-order valence-corrected chi connectivity index (χ2v) is 6.72. The van der Waals surface area contributed by atoms with Crippen molar-refractivity contribution in [3.8, 4) is 23.0 Å². The number of fused-ring (bicyclic) bond motifs is 4. The van der Waals surface area contributed by atoms with Gasteiger partial charge in [0.05, 0.1) is 12.2 Å². The zero-order valence-corrected chi connectivity index (χ0v) is 13.7. The number of esters is 1. The molecule has 3 aliphatic heterocycles. The predicted molar refractivity (Wildman–Crippen MR) is 89.3 cm³/mol. The van der Waals surface area contributed by atoms with Gasteiger partial charge >= 0.3 is 5.97 Å². The van der Waals surface area contributed by atoms with E-state index in [9.17, 15) is 4.79 Å². The lowest BCUT2D eigenvalue weighted by atomic mass is 9.77. The molecule has 0 amide bonds. The summed E-state index contributed by atoms with van der Waals surface area (Å²) in [5, 5.41) is 0. The normalized spacial score (nSPS) is 21.5. The van der Waals surface area contributed by atoms with Crippen molar-refractivity contribution in [2.75, 3.05) is 20.2 Å². The summed E-state index contributed by atoms with van der Waals surface area (Å²) in [6, 6.07) is 9.74. The Morgan fingerprint density at radius 1 is 0.808 bits per heavy atom.